The number of carbonyl (C=O) groups excluding carboxylic acids is 1. The lowest BCUT2D eigenvalue weighted by Crippen LogP contribution is -1.75. The van der Waals surface area contributed by atoms with E-state index in [0.717, 1.165) is 5.56 Å². The van der Waals surface area contributed by atoms with Gasteiger partial charge in [-0.25, -0.2) is 0 Å². The minimum atomic E-state index is 0.376. The van der Waals surface area contributed by atoms with Gasteiger partial charge >= 0.3 is 0 Å². The summed E-state index contributed by atoms with van der Waals surface area (Å²) >= 11 is 0. The van der Waals surface area contributed by atoms with Gasteiger partial charge in [-0.15, -0.1) is 0 Å². The highest BCUT2D eigenvalue weighted by atomic mass is 16.3. The SMILES string of the molecule is C=O.Cc1ccc(O)c(C)c1. The Hall–Kier alpha value is -1.31. The number of rotatable bonds is 0. The molecule has 1 aromatic carbocycles. The van der Waals surface area contributed by atoms with Crippen molar-refractivity contribution in [2.45, 2.75) is 13.8 Å². The lowest BCUT2D eigenvalue weighted by atomic mass is 10.1. The van der Waals surface area contributed by atoms with E-state index in [9.17, 15) is 0 Å². The zero-order valence-electron chi connectivity index (χ0n) is 6.79. The second-order valence-electron chi connectivity index (χ2n) is 2.29. The first kappa shape index (κ1) is 9.69. The second-order valence-corrected chi connectivity index (χ2v) is 2.29. The van der Waals surface area contributed by atoms with E-state index < -0.39 is 0 Å². The average Bonchev–Trinajstić information content (AvgIpc) is 2.02. The van der Waals surface area contributed by atoms with Crippen LogP contribution in [0, 0.1) is 13.8 Å². The summed E-state index contributed by atoms with van der Waals surface area (Å²) in [5.74, 6) is 0.376. The summed E-state index contributed by atoms with van der Waals surface area (Å²) in [6, 6.07) is 5.56. The Morgan fingerprint density at radius 3 is 2.18 bits per heavy atom. The molecule has 0 bridgehead atoms. The molecular formula is C9H12O2. The molecule has 0 fully saturated rings. The average molecular weight is 152 g/mol. The van der Waals surface area contributed by atoms with Gasteiger partial charge in [0.2, 0.25) is 0 Å². The van der Waals surface area contributed by atoms with Crippen LogP contribution >= 0.6 is 0 Å². The Bertz CT molecular complexity index is 231. The third-order valence-electron chi connectivity index (χ3n) is 1.35. The predicted molar refractivity (Wildman–Crippen MR) is 44.7 cm³/mol. The zero-order chi connectivity index (χ0) is 8.85. The van der Waals surface area contributed by atoms with Crippen LogP contribution in [0.15, 0.2) is 18.2 Å². The highest BCUT2D eigenvalue weighted by molar-refractivity contribution is 5.34. The molecule has 1 aromatic rings. The molecule has 1 N–H and O–H groups in total. The van der Waals surface area contributed by atoms with E-state index in [-0.39, 0.29) is 0 Å². The van der Waals surface area contributed by atoms with Gasteiger partial charge in [0.1, 0.15) is 12.5 Å². The van der Waals surface area contributed by atoms with Crippen LogP contribution in [0.25, 0.3) is 0 Å². The van der Waals surface area contributed by atoms with Crippen molar-refractivity contribution in [3.05, 3.63) is 29.3 Å². The number of hydrogen-bond acceptors (Lipinski definition) is 2. The molecular weight excluding hydrogens is 140 g/mol. The van der Waals surface area contributed by atoms with E-state index in [0.29, 0.717) is 5.75 Å². The molecule has 0 heterocycles. The molecule has 0 spiro atoms. The maximum atomic E-state index is 9.04. The van der Waals surface area contributed by atoms with Crippen LogP contribution in [0.4, 0.5) is 0 Å². The van der Waals surface area contributed by atoms with Crippen LogP contribution in [-0.2, 0) is 4.79 Å². The van der Waals surface area contributed by atoms with Crippen LogP contribution in [0.3, 0.4) is 0 Å². The van der Waals surface area contributed by atoms with Gasteiger partial charge in [-0.1, -0.05) is 17.7 Å². The molecule has 2 heteroatoms. The van der Waals surface area contributed by atoms with Gasteiger partial charge in [-0.3, -0.25) is 0 Å². The van der Waals surface area contributed by atoms with Gasteiger partial charge in [0.05, 0.1) is 0 Å². The molecule has 0 amide bonds. The fourth-order valence-electron chi connectivity index (χ4n) is 0.805. The fourth-order valence-corrected chi connectivity index (χ4v) is 0.805. The Balaban J connectivity index is 0.000000461. The number of phenolic OH excluding ortho intramolecular Hbond substituents is 1. The summed E-state index contributed by atoms with van der Waals surface area (Å²) in [4.78, 5) is 8.00. The van der Waals surface area contributed by atoms with Crippen molar-refractivity contribution in [2.24, 2.45) is 0 Å². The highest BCUT2D eigenvalue weighted by Gasteiger charge is 1.91. The van der Waals surface area contributed by atoms with E-state index in [2.05, 4.69) is 0 Å². The van der Waals surface area contributed by atoms with Gasteiger partial charge in [0.25, 0.3) is 0 Å². The molecule has 0 aliphatic heterocycles. The van der Waals surface area contributed by atoms with E-state index in [1.54, 1.807) is 6.07 Å². The summed E-state index contributed by atoms with van der Waals surface area (Å²) in [6.07, 6.45) is 0. The first-order valence-corrected chi connectivity index (χ1v) is 3.25. The Labute approximate surface area is 66.5 Å². The summed E-state index contributed by atoms with van der Waals surface area (Å²) in [5.41, 5.74) is 2.13. The van der Waals surface area contributed by atoms with Gasteiger partial charge < -0.3 is 9.90 Å². The second kappa shape index (κ2) is 4.50. The Kier molecular flexibility index (Phi) is 3.96. The first-order chi connectivity index (χ1) is 5.20. The van der Waals surface area contributed by atoms with Crippen LogP contribution < -0.4 is 0 Å². The van der Waals surface area contributed by atoms with Crippen molar-refractivity contribution in [2.75, 3.05) is 0 Å². The van der Waals surface area contributed by atoms with Crippen LogP contribution in [0.1, 0.15) is 11.1 Å². The predicted octanol–water partition coefficient (Wildman–Crippen LogP) is 1.82. The largest absolute Gasteiger partial charge is 0.508 e. The van der Waals surface area contributed by atoms with Crippen molar-refractivity contribution >= 4 is 6.79 Å². The maximum Gasteiger partial charge on any atom is 0.118 e. The third kappa shape index (κ3) is 2.85. The van der Waals surface area contributed by atoms with Gasteiger partial charge in [-0.05, 0) is 25.5 Å². The van der Waals surface area contributed by atoms with Crippen molar-refractivity contribution < 1.29 is 9.90 Å². The van der Waals surface area contributed by atoms with Crippen LogP contribution in [-0.4, -0.2) is 11.9 Å². The molecule has 1 rings (SSSR count). The quantitative estimate of drug-likeness (QED) is 0.615. The lowest BCUT2D eigenvalue weighted by Gasteiger charge is -1.97. The summed E-state index contributed by atoms with van der Waals surface area (Å²) in [5, 5.41) is 9.04. The Morgan fingerprint density at radius 1 is 1.27 bits per heavy atom. The summed E-state index contributed by atoms with van der Waals surface area (Å²) in [7, 11) is 0. The first-order valence-electron chi connectivity index (χ1n) is 3.25. The molecule has 0 aliphatic rings. The number of aromatic hydroxyl groups is 1. The van der Waals surface area contributed by atoms with Crippen molar-refractivity contribution in [3.63, 3.8) is 0 Å². The van der Waals surface area contributed by atoms with Gasteiger partial charge in [0.15, 0.2) is 0 Å². The number of hydrogen-bond donors (Lipinski definition) is 1. The molecule has 0 unspecified atom stereocenters. The number of phenols is 1. The third-order valence-corrected chi connectivity index (χ3v) is 1.35. The van der Waals surface area contributed by atoms with E-state index in [1.165, 1.54) is 5.56 Å². The van der Waals surface area contributed by atoms with Crippen molar-refractivity contribution in [1.82, 2.24) is 0 Å². The molecule has 2 nitrogen and oxygen atoms in total. The number of benzene rings is 1. The van der Waals surface area contributed by atoms with Crippen LogP contribution in [0.2, 0.25) is 0 Å². The smallest absolute Gasteiger partial charge is 0.118 e. The van der Waals surface area contributed by atoms with E-state index >= 15 is 0 Å². The van der Waals surface area contributed by atoms with Crippen molar-refractivity contribution in [3.8, 4) is 5.75 Å². The summed E-state index contributed by atoms with van der Waals surface area (Å²) < 4.78 is 0. The maximum absolute atomic E-state index is 9.04. The van der Waals surface area contributed by atoms with Gasteiger partial charge in [0, 0.05) is 0 Å². The highest BCUT2D eigenvalue weighted by Crippen LogP contribution is 2.15. The van der Waals surface area contributed by atoms with E-state index in [1.807, 2.05) is 32.8 Å². The minimum Gasteiger partial charge on any atom is -0.508 e. The van der Waals surface area contributed by atoms with Crippen LogP contribution in [0.5, 0.6) is 5.75 Å². The number of carbonyl (C=O) groups is 1. The standard InChI is InChI=1S/C8H10O.CH2O/c1-6-3-4-8(9)7(2)5-6;1-2/h3-5,9H,1-2H3;1H2. The van der Waals surface area contributed by atoms with Crippen molar-refractivity contribution in [1.29, 1.82) is 0 Å². The van der Waals surface area contributed by atoms with Gasteiger partial charge in [-0.2, -0.15) is 0 Å². The molecule has 11 heavy (non-hydrogen) atoms. The molecule has 0 aliphatic carbocycles. The zero-order valence-corrected chi connectivity index (χ0v) is 6.79. The molecule has 0 aromatic heterocycles. The molecule has 0 radical (unpaired) electrons. The molecule has 60 valence electrons. The lowest BCUT2D eigenvalue weighted by molar-refractivity contribution is -0.0979. The molecule has 0 saturated heterocycles. The van der Waals surface area contributed by atoms with E-state index in [4.69, 9.17) is 9.90 Å². The topological polar surface area (TPSA) is 37.3 Å². The normalized spacial score (nSPS) is 8.18. The minimum absolute atomic E-state index is 0.376. The Morgan fingerprint density at radius 2 is 1.82 bits per heavy atom. The monoisotopic (exact) mass is 152 g/mol. The molecule has 0 saturated carbocycles. The summed E-state index contributed by atoms with van der Waals surface area (Å²) in [6.45, 7) is 5.90. The number of aryl methyl sites for hydroxylation is 2. The molecule has 0 atom stereocenters. The fraction of sp³-hybridized carbons (Fsp3) is 0.222.